The zero-order chi connectivity index (χ0) is 17.2. The maximum Gasteiger partial charge on any atom is 0.227 e. The minimum Gasteiger partial charge on any atom is -0.355 e. The summed E-state index contributed by atoms with van der Waals surface area (Å²) in [5, 5.41) is 11.4. The van der Waals surface area contributed by atoms with Crippen molar-refractivity contribution in [1.82, 2.24) is 10.2 Å². The number of nitrogens with zero attached hydrogens (tertiary/aromatic N) is 3. The molecule has 0 unspecified atom stereocenters. The number of nitrogens with one attached hydrogen (secondary N) is 1. The summed E-state index contributed by atoms with van der Waals surface area (Å²) in [6.45, 7) is 1.53. The smallest absolute Gasteiger partial charge is 0.227 e. The van der Waals surface area contributed by atoms with Crippen molar-refractivity contribution in [2.75, 3.05) is 23.3 Å². The van der Waals surface area contributed by atoms with Gasteiger partial charge in [-0.2, -0.15) is 5.10 Å². The number of anilines is 2. The van der Waals surface area contributed by atoms with E-state index in [2.05, 4.69) is 26.5 Å². The molecule has 6 heteroatoms. The molecule has 1 aromatic carbocycles. The molecule has 0 saturated carbocycles. The van der Waals surface area contributed by atoms with Gasteiger partial charge in [0.2, 0.25) is 5.91 Å². The van der Waals surface area contributed by atoms with Crippen LogP contribution in [0.2, 0.25) is 0 Å². The van der Waals surface area contributed by atoms with E-state index in [-0.39, 0.29) is 17.5 Å². The van der Waals surface area contributed by atoms with Crippen molar-refractivity contribution in [1.29, 1.82) is 0 Å². The first-order chi connectivity index (χ1) is 12.2. The largest absolute Gasteiger partial charge is 0.355 e. The first-order valence-corrected chi connectivity index (χ1v) is 8.86. The minimum atomic E-state index is -0.401. The fourth-order valence-electron chi connectivity index (χ4n) is 3.64. The predicted octanol–water partition coefficient (Wildman–Crippen LogP) is 2.96. The van der Waals surface area contributed by atoms with E-state index in [1.165, 1.54) is 11.6 Å². The molecule has 2 heterocycles. The topological polar surface area (TPSA) is 58.1 Å². The van der Waals surface area contributed by atoms with Crippen molar-refractivity contribution >= 4 is 17.4 Å². The van der Waals surface area contributed by atoms with Gasteiger partial charge in [-0.05, 0) is 55.9 Å². The second kappa shape index (κ2) is 6.78. The van der Waals surface area contributed by atoms with Gasteiger partial charge in [-0.3, -0.25) is 4.79 Å². The molecule has 0 radical (unpaired) electrons. The molecule has 0 spiro atoms. The quantitative estimate of drug-likeness (QED) is 0.933. The SMILES string of the molecule is O=C(Nc1ccccc1F)C1CCN(c2cc3c(nn2)CCC3)CC1. The second-order valence-electron chi connectivity index (χ2n) is 6.76. The number of aryl methyl sites for hydroxylation is 2. The summed E-state index contributed by atoms with van der Waals surface area (Å²) in [5.41, 5.74) is 2.69. The molecular weight excluding hydrogens is 319 g/mol. The summed E-state index contributed by atoms with van der Waals surface area (Å²) in [6, 6.07) is 8.41. The highest BCUT2D eigenvalue weighted by atomic mass is 19.1. The Kier molecular flexibility index (Phi) is 4.34. The van der Waals surface area contributed by atoms with Crippen molar-refractivity contribution < 1.29 is 9.18 Å². The molecule has 1 saturated heterocycles. The van der Waals surface area contributed by atoms with Gasteiger partial charge in [-0.25, -0.2) is 4.39 Å². The lowest BCUT2D eigenvalue weighted by Gasteiger charge is -2.32. The van der Waals surface area contributed by atoms with Gasteiger partial charge in [0, 0.05) is 19.0 Å². The lowest BCUT2D eigenvalue weighted by Crippen LogP contribution is -2.38. The van der Waals surface area contributed by atoms with Crippen LogP contribution in [0.25, 0.3) is 0 Å². The monoisotopic (exact) mass is 340 g/mol. The van der Waals surface area contributed by atoms with Gasteiger partial charge in [0.25, 0.3) is 0 Å². The van der Waals surface area contributed by atoms with Crippen LogP contribution in [0, 0.1) is 11.7 Å². The average molecular weight is 340 g/mol. The van der Waals surface area contributed by atoms with Gasteiger partial charge < -0.3 is 10.2 Å². The first-order valence-electron chi connectivity index (χ1n) is 8.86. The number of aromatic nitrogens is 2. The molecule has 4 rings (SSSR count). The lowest BCUT2D eigenvalue weighted by atomic mass is 9.95. The summed E-state index contributed by atoms with van der Waals surface area (Å²) in [6.07, 6.45) is 4.74. The van der Waals surface area contributed by atoms with Crippen LogP contribution < -0.4 is 10.2 Å². The Hall–Kier alpha value is -2.50. The van der Waals surface area contributed by atoms with Crippen LogP contribution in [0.1, 0.15) is 30.5 Å². The Morgan fingerprint density at radius 3 is 2.76 bits per heavy atom. The molecule has 0 atom stereocenters. The maximum absolute atomic E-state index is 13.7. The van der Waals surface area contributed by atoms with Gasteiger partial charge in [0.05, 0.1) is 11.4 Å². The summed E-state index contributed by atoms with van der Waals surface area (Å²) in [7, 11) is 0. The van der Waals surface area contributed by atoms with Crippen molar-refractivity contribution in [2.45, 2.75) is 32.1 Å². The Balaban J connectivity index is 1.36. The predicted molar refractivity (Wildman–Crippen MR) is 94.0 cm³/mol. The molecule has 130 valence electrons. The van der Waals surface area contributed by atoms with Crippen LogP contribution in [0.3, 0.4) is 0 Å². The van der Waals surface area contributed by atoms with Crippen LogP contribution in [0.5, 0.6) is 0 Å². The first kappa shape index (κ1) is 16.0. The van der Waals surface area contributed by atoms with Crippen LogP contribution in [-0.4, -0.2) is 29.2 Å². The molecule has 1 aliphatic heterocycles. The van der Waals surface area contributed by atoms with E-state index in [0.717, 1.165) is 56.7 Å². The molecule has 2 aliphatic rings. The van der Waals surface area contributed by atoms with Crippen LogP contribution in [-0.2, 0) is 17.6 Å². The van der Waals surface area contributed by atoms with E-state index in [0.29, 0.717) is 0 Å². The zero-order valence-corrected chi connectivity index (χ0v) is 14.0. The number of hydrogen-bond acceptors (Lipinski definition) is 4. The van der Waals surface area contributed by atoms with Gasteiger partial charge in [0.1, 0.15) is 5.82 Å². The van der Waals surface area contributed by atoms with E-state index >= 15 is 0 Å². The van der Waals surface area contributed by atoms with Gasteiger partial charge in [0.15, 0.2) is 5.82 Å². The van der Waals surface area contributed by atoms with E-state index in [4.69, 9.17) is 0 Å². The molecule has 5 nitrogen and oxygen atoms in total. The second-order valence-corrected chi connectivity index (χ2v) is 6.76. The molecule has 2 aromatic rings. The van der Waals surface area contributed by atoms with Crippen LogP contribution in [0.15, 0.2) is 30.3 Å². The third-order valence-electron chi connectivity index (χ3n) is 5.13. The molecule has 1 aliphatic carbocycles. The summed E-state index contributed by atoms with van der Waals surface area (Å²) in [5.74, 6) is 0.304. The molecule has 0 bridgehead atoms. The summed E-state index contributed by atoms with van der Waals surface area (Å²) in [4.78, 5) is 14.6. The minimum absolute atomic E-state index is 0.0988. The number of fused-ring (bicyclic) bond motifs is 1. The normalized spacial score (nSPS) is 17.4. The highest BCUT2D eigenvalue weighted by Gasteiger charge is 2.27. The molecule has 1 N–H and O–H groups in total. The molecule has 1 fully saturated rings. The van der Waals surface area contributed by atoms with Crippen LogP contribution >= 0.6 is 0 Å². The van der Waals surface area contributed by atoms with Gasteiger partial charge >= 0.3 is 0 Å². The number of piperidine rings is 1. The number of para-hydroxylation sites is 1. The number of benzene rings is 1. The van der Waals surface area contributed by atoms with E-state index in [1.807, 2.05) is 0 Å². The lowest BCUT2D eigenvalue weighted by molar-refractivity contribution is -0.120. The number of amides is 1. The van der Waals surface area contributed by atoms with E-state index in [9.17, 15) is 9.18 Å². The van der Waals surface area contributed by atoms with Gasteiger partial charge in [-0.15, -0.1) is 5.10 Å². The maximum atomic E-state index is 13.7. The van der Waals surface area contributed by atoms with Crippen molar-refractivity contribution in [3.05, 3.63) is 47.4 Å². The fourth-order valence-corrected chi connectivity index (χ4v) is 3.64. The molecular formula is C19H21FN4O. The zero-order valence-electron chi connectivity index (χ0n) is 14.0. The summed E-state index contributed by atoms with van der Waals surface area (Å²) < 4.78 is 13.7. The third-order valence-corrected chi connectivity index (χ3v) is 5.13. The Bertz CT molecular complexity index is 787. The van der Waals surface area contributed by atoms with Gasteiger partial charge in [-0.1, -0.05) is 12.1 Å². The van der Waals surface area contributed by atoms with E-state index < -0.39 is 5.82 Å². The number of carbonyl (C=O) groups is 1. The van der Waals surface area contributed by atoms with Crippen molar-refractivity contribution in [2.24, 2.45) is 5.92 Å². The Morgan fingerprint density at radius 1 is 1.16 bits per heavy atom. The summed E-state index contributed by atoms with van der Waals surface area (Å²) >= 11 is 0. The molecule has 25 heavy (non-hydrogen) atoms. The molecule has 1 aromatic heterocycles. The number of rotatable bonds is 3. The van der Waals surface area contributed by atoms with E-state index in [1.54, 1.807) is 18.2 Å². The van der Waals surface area contributed by atoms with Crippen molar-refractivity contribution in [3.63, 3.8) is 0 Å². The third kappa shape index (κ3) is 3.34. The van der Waals surface area contributed by atoms with Crippen molar-refractivity contribution in [3.8, 4) is 0 Å². The van der Waals surface area contributed by atoms with Crippen LogP contribution in [0.4, 0.5) is 15.9 Å². The molecule has 1 amide bonds. The number of halogens is 1. The highest BCUT2D eigenvalue weighted by molar-refractivity contribution is 5.92. The standard InChI is InChI=1S/C19H21FN4O/c20-15-5-1-2-6-17(15)21-19(25)13-8-10-24(11-9-13)18-12-14-4-3-7-16(14)22-23-18/h1-2,5-6,12-13H,3-4,7-11H2,(H,21,25). The Labute approximate surface area is 146 Å². The highest BCUT2D eigenvalue weighted by Crippen LogP contribution is 2.27. The number of hydrogen-bond donors (Lipinski definition) is 1. The average Bonchev–Trinajstić information content (AvgIpc) is 3.11. The Morgan fingerprint density at radius 2 is 1.96 bits per heavy atom. The number of carbonyl (C=O) groups excluding carboxylic acids is 1. The fraction of sp³-hybridized carbons (Fsp3) is 0.421.